The van der Waals surface area contributed by atoms with Gasteiger partial charge in [0.25, 0.3) is 5.91 Å². The number of aliphatic hydroxyl groups is 1. The van der Waals surface area contributed by atoms with Crippen LogP contribution in [0.25, 0.3) is 10.8 Å². The number of anilines is 1. The molecule has 3 aliphatic rings. The second-order valence-corrected chi connectivity index (χ2v) is 14.0. The number of amides is 3. The molecule has 7 atom stereocenters. The lowest BCUT2D eigenvalue weighted by Gasteiger charge is -2.40. The standard InChI is InChI=1S/C41H47N3O7/c1-5-7-17-34(46)42-24-33(28-14-9-8-10-15-28)50-40(49)35-32-20-21-41(51-32)36(35)38(47)44(31(25-45)26(3)4)37(41)39(48)43(22-6-2)30-19-18-27-13-11-12-16-29(27)23-30/h5-6,8-16,18-19,23,26,31-33,35-37,45H,1-2,7,17,20-22,24-25H2,3-4H3,(H,42,46)/t31-,32+,33-,35-,36-,37+,41-/m0/s1. The third-order valence-electron chi connectivity index (χ3n) is 10.7. The summed E-state index contributed by atoms with van der Waals surface area (Å²) in [7, 11) is 0. The maximum absolute atomic E-state index is 15.0. The number of aliphatic hydroxyl groups excluding tert-OH is 1. The van der Waals surface area contributed by atoms with Gasteiger partial charge in [-0.2, -0.15) is 0 Å². The Balaban J connectivity index is 1.35. The van der Waals surface area contributed by atoms with Gasteiger partial charge in [0.05, 0.1) is 37.1 Å². The molecule has 2 bridgehead atoms. The number of carbonyl (C=O) groups is 4. The SMILES string of the molecule is C=CCCC(=O)NC[C@H](OC(=O)[C@@H]1[C@H]2C(=O)N([C@@H](CO)C(C)C)[C@H](C(=O)N(CC=C)c3ccc4ccccc4c3)[C@]23CC[C@H]1O3)c1ccccc1. The van der Waals surface area contributed by atoms with E-state index in [1.165, 1.54) is 4.90 Å². The molecule has 10 heteroatoms. The monoisotopic (exact) mass is 693 g/mol. The Morgan fingerprint density at radius 3 is 2.47 bits per heavy atom. The number of likely N-dealkylation sites (tertiary alicyclic amines) is 1. The van der Waals surface area contributed by atoms with E-state index in [9.17, 15) is 19.5 Å². The average Bonchev–Trinajstić information content (AvgIpc) is 3.79. The summed E-state index contributed by atoms with van der Waals surface area (Å²) in [6, 6.07) is 21.0. The topological polar surface area (TPSA) is 125 Å². The smallest absolute Gasteiger partial charge is 0.313 e. The molecule has 0 aliphatic carbocycles. The lowest BCUT2D eigenvalue weighted by atomic mass is 9.70. The van der Waals surface area contributed by atoms with Crippen LogP contribution in [-0.4, -0.2) is 77.2 Å². The lowest BCUT2D eigenvalue weighted by Crippen LogP contribution is -2.59. The molecule has 10 nitrogen and oxygen atoms in total. The molecule has 3 saturated heterocycles. The van der Waals surface area contributed by atoms with Crippen LogP contribution >= 0.6 is 0 Å². The molecule has 6 rings (SSSR count). The van der Waals surface area contributed by atoms with E-state index in [4.69, 9.17) is 9.47 Å². The molecule has 3 aromatic rings. The maximum atomic E-state index is 15.0. The minimum absolute atomic E-state index is 0.0448. The van der Waals surface area contributed by atoms with Crippen molar-refractivity contribution in [1.82, 2.24) is 10.2 Å². The van der Waals surface area contributed by atoms with E-state index in [0.29, 0.717) is 30.5 Å². The predicted molar refractivity (Wildman–Crippen MR) is 194 cm³/mol. The largest absolute Gasteiger partial charge is 0.455 e. The van der Waals surface area contributed by atoms with E-state index >= 15 is 4.79 Å². The van der Waals surface area contributed by atoms with E-state index in [2.05, 4.69) is 18.5 Å². The maximum Gasteiger partial charge on any atom is 0.313 e. The molecule has 0 unspecified atom stereocenters. The first kappa shape index (κ1) is 36.0. The second kappa shape index (κ2) is 15.2. The second-order valence-electron chi connectivity index (χ2n) is 14.0. The molecular formula is C41H47N3O7. The minimum Gasteiger partial charge on any atom is -0.455 e. The molecule has 268 valence electrons. The van der Waals surface area contributed by atoms with E-state index in [1.54, 1.807) is 17.1 Å². The van der Waals surface area contributed by atoms with Crippen LogP contribution < -0.4 is 10.2 Å². The van der Waals surface area contributed by atoms with Crippen LogP contribution in [0.3, 0.4) is 0 Å². The lowest BCUT2D eigenvalue weighted by molar-refractivity contribution is -0.161. The molecule has 1 spiro atoms. The molecule has 3 heterocycles. The average molecular weight is 694 g/mol. The number of nitrogens with zero attached hydrogens (tertiary/aromatic N) is 2. The highest BCUT2D eigenvalue weighted by Gasteiger charge is 2.76. The number of carbonyl (C=O) groups excluding carboxylic acids is 4. The first-order chi connectivity index (χ1) is 24.6. The molecule has 2 N–H and O–H groups in total. The Hall–Kier alpha value is -4.80. The zero-order valence-electron chi connectivity index (χ0n) is 29.3. The van der Waals surface area contributed by atoms with Crippen molar-refractivity contribution in [2.75, 3.05) is 24.6 Å². The van der Waals surface area contributed by atoms with Crippen LogP contribution in [0.5, 0.6) is 0 Å². The van der Waals surface area contributed by atoms with Crippen LogP contribution in [0.2, 0.25) is 0 Å². The van der Waals surface area contributed by atoms with Gasteiger partial charge in [-0.05, 0) is 53.6 Å². The summed E-state index contributed by atoms with van der Waals surface area (Å²) in [5, 5.41) is 15.5. The summed E-state index contributed by atoms with van der Waals surface area (Å²) in [5.74, 6) is -3.76. The van der Waals surface area contributed by atoms with Crippen LogP contribution in [-0.2, 0) is 28.7 Å². The summed E-state index contributed by atoms with van der Waals surface area (Å²) in [4.78, 5) is 59.7. The van der Waals surface area contributed by atoms with Crippen LogP contribution in [0.15, 0.2) is 98.1 Å². The van der Waals surface area contributed by atoms with Crippen molar-refractivity contribution in [3.8, 4) is 0 Å². The molecule has 0 radical (unpaired) electrons. The zero-order valence-corrected chi connectivity index (χ0v) is 29.3. The van der Waals surface area contributed by atoms with Crippen LogP contribution in [0.4, 0.5) is 5.69 Å². The highest BCUT2D eigenvalue weighted by molar-refractivity contribution is 6.05. The van der Waals surface area contributed by atoms with Crippen molar-refractivity contribution in [2.24, 2.45) is 17.8 Å². The number of nitrogens with one attached hydrogen (secondary N) is 1. The fraction of sp³-hybridized carbons (Fsp3) is 0.415. The van der Waals surface area contributed by atoms with Crippen molar-refractivity contribution < 1.29 is 33.8 Å². The fourth-order valence-electron chi connectivity index (χ4n) is 8.20. The number of hydrogen-bond donors (Lipinski definition) is 2. The van der Waals surface area contributed by atoms with E-state index in [-0.39, 0.29) is 43.8 Å². The first-order valence-electron chi connectivity index (χ1n) is 17.8. The van der Waals surface area contributed by atoms with E-state index in [1.807, 2.05) is 86.6 Å². The van der Waals surface area contributed by atoms with Crippen molar-refractivity contribution in [2.45, 2.75) is 69.4 Å². The summed E-state index contributed by atoms with van der Waals surface area (Å²) in [6.07, 6.45) is 3.47. The number of hydrogen-bond acceptors (Lipinski definition) is 7. The van der Waals surface area contributed by atoms with Crippen molar-refractivity contribution >= 4 is 40.2 Å². The molecule has 3 fully saturated rings. The van der Waals surface area contributed by atoms with Gasteiger partial charge in [-0.15, -0.1) is 13.2 Å². The molecule has 51 heavy (non-hydrogen) atoms. The van der Waals surface area contributed by atoms with Gasteiger partial charge in [-0.1, -0.05) is 86.7 Å². The van der Waals surface area contributed by atoms with Crippen molar-refractivity contribution in [1.29, 1.82) is 0 Å². The quantitative estimate of drug-likeness (QED) is 0.167. The number of benzene rings is 3. The van der Waals surface area contributed by atoms with Gasteiger partial charge in [-0.25, -0.2) is 0 Å². The number of esters is 1. The molecule has 0 saturated carbocycles. The molecular weight excluding hydrogens is 646 g/mol. The Bertz CT molecular complexity index is 1790. The molecule has 3 aliphatic heterocycles. The third kappa shape index (κ3) is 6.70. The summed E-state index contributed by atoms with van der Waals surface area (Å²) >= 11 is 0. The van der Waals surface area contributed by atoms with Gasteiger partial charge >= 0.3 is 5.97 Å². The minimum atomic E-state index is -1.30. The zero-order chi connectivity index (χ0) is 36.3. The highest BCUT2D eigenvalue weighted by Crippen LogP contribution is 2.59. The van der Waals surface area contributed by atoms with Gasteiger partial charge in [0, 0.05) is 18.7 Å². The Morgan fingerprint density at radius 1 is 1.06 bits per heavy atom. The summed E-state index contributed by atoms with van der Waals surface area (Å²) in [5.41, 5.74) is 0.0272. The first-order valence-corrected chi connectivity index (χ1v) is 17.8. The van der Waals surface area contributed by atoms with Gasteiger partial charge in [0.2, 0.25) is 11.8 Å². The normalized spacial score (nSPS) is 24.6. The predicted octanol–water partition coefficient (Wildman–Crippen LogP) is 5.12. The van der Waals surface area contributed by atoms with Crippen LogP contribution in [0, 0.1) is 17.8 Å². The number of allylic oxidation sites excluding steroid dienone is 1. The number of fused-ring (bicyclic) bond motifs is 2. The fourth-order valence-corrected chi connectivity index (χ4v) is 8.20. The van der Waals surface area contributed by atoms with Crippen molar-refractivity contribution in [3.63, 3.8) is 0 Å². The number of rotatable bonds is 15. The van der Waals surface area contributed by atoms with Crippen molar-refractivity contribution in [3.05, 3.63) is 104 Å². The third-order valence-corrected chi connectivity index (χ3v) is 10.7. The van der Waals surface area contributed by atoms with Gasteiger partial charge < -0.3 is 29.7 Å². The van der Waals surface area contributed by atoms with Gasteiger partial charge in [-0.3, -0.25) is 19.2 Å². The Kier molecular flexibility index (Phi) is 10.7. The molecule has 0 aromatic heterocycles. The van der Waals surface area contributed by atoms with Gasteiger partial charge in [0.1, 0.15) is 17.7 Å². The highest BCUT2D eigenvalue weighted by atomic mass is 16.6. The molecule has 3 amide bonds. The van der Waals surface area contributed by atoms with Gasteiger partial charge in [0.15, 0.2) is 0 Å². The Labute approximate surface area is 299 Å². The van der Waals surface area contributed by atoms with Crippen LogP contribution in [0.1, 0.15) is 51.2 Å². The van der Waals surface area contributed by atoms with E-state index < -0.39 is 53.6 Å². The summed E-state index contributed by atoms with van der Waals surface area (Å²) < 4.78 is 12.9. The molecule has 3 aromatic carbocycles. The Morgan fingerprint density at radius 2 is 1.78 bits per heavy atom. The summed E-state index contributed by atoms with van der Waals surface area (Å²) in [6.45, 7) is 11.2. The van der Waals surface area contributed by atoms with E-state index in [0.717, 1.165) is 10.8 Å². The number of ether oxygens (including phenoxy) is 2.